The van der Waals surface area contributed by atoms with E-state index < -0.39 is 0 Å². The molecule has 0 aliphatic heterocycles. The molecule has 0 unspecified atom stereocenters. The van der Waals surface area contributed by atoms with Crippen molar-refractivity contribution in [2.75, 3.05) is 0 Å². The predicted molar refractivity (Wildman–Crippen MR) is 68.9 cm³/mol. The molecule has 0 bridgehead atoms. The molecule has 0 fully saturated rings. The SMILES string of the molecule is N[C@@H](c1ccccc1)c1ccc(Cl)cc1Cl. The van der Waals surface area contributed by atoms with Gasteiger partial charge in [0.1, 0.15) is 0 Å². The van der Waals surface area contributed by atoms with Gasteiger partial charge in [-0.2, -0.15) is 0 Å². The first-order valence-corrected chi connectivity index (χ1v) is 5.69. The summed E-state index contributed by atoms with van der Waals surface area (Å²) in [5.74, 6) is 0. The highest BCUT2D eigenvalue weighted by Crippen LogP contribution is 2.28. The summed E-state index contributed by atoms with van der Waals surface area (Å²) in [6, 6.07) is 15.0. The van der Waals surface area contributed by atoms with Crippen LogP contribution in [0.25, 0.3) is 0 Å². The van der Waals surface area contributed by atoms with Gasteiger partial charge in [-0.25, -0.2) is 0 Å². The summed E-state index contributed by atoms with van der Waals surface area (Å²) in [7, 11) is 0. The Labute approximate surface area is 105 Å². The third kappa shape index (κ3) is 2.38. The van der Waals surface area contributed by atoms with Crippen molar-refractivity contribution in [2.24, 2.45) is 5.73 Å². The van der Waals surface area contributed by atoms with E-state index in [-0.39, 0.29) is 6.04 Å². The molecule has 0 heterocycles. The van der Waals surface area contributed by atoms with Crippen LogP contribution in [0.2, 0.25) is 10.0 Å². The van der Waals surface area contributed by atoms with Crippen molar-refractivity contribution in [3.05, 3.63) is 69.7 Å². The van der Waals surface area contributed by atoms with Gasteiger partial charge in [-0.15, -0.1) is 0 Å². The van der Waals surface area contributed by atoms with E-state index in [2.05, 4.69) is 0 Å². The van der Waals surface area contributed by atoms with Gasteiger partial charge in [-0.05, 0) is 23.3 Å². The number of rotatable bonds is 2. The summed E-state index contributed by atoms with van der Waals surface area (Å²) in [5.41, 5.74) is 8.06. The molecule has 2 N–H and O–H groups in total. The average Bonchev–Trinajstić information content (AvgIpc) is 2.29. The van der Waals surface area contributed by atoms with E-state index in [1.165, 1.54) is 0 Å². The van der Waals surface area contributed by atoms with E-state index in [4.69, 9.17) is 28.9 Å². The van der Waals surface area contributed by atoms with Crippen LogP contribution < -0.4 is 5.73 Å². The molecule has 0 aliphatic rings. The lowest BCUT2D eigenvalue weighted by atomic mass is 10.00. The lowest BCUT2D eigenvalue weighted by molar-refractivity contribution is 0.872. The summed E-state index contributed by atoms with van der Waals surface area (Å²) in [6.45, 7) is 0. The molecule has 3 heteroatoms. The Hall–Kier alpha value is -1.02. The molecule has 0 saturated carbocycles. The van der Waals surface area contributed by atoms with E-state index in [1.54, 1.807) is 12.1 Å². The van der Waals surface area contributed by atoms with Gasteiger partial charge in [0.2, 0.25) is 0 Å². The summed E-state index contributed by atoms with van der Waals surface area (Å²) in [4.78, 5) is 0. The van der Waals surface area contributed by atoms with Gasteiger partial charge in [-0.3, -0.25) is 0 Å². The molecular weight excluding hydrogens is 241 g/mol. The Kier molecular flexibility index (Phi) is 3.49. The largest absolute Gasteiger partial charge is 0.320 e. The number of benzene rings is 2. The van der Waals surface area contributed by atoms with Gasteiger partial charge in [-0.1, -0.05) is 59.6 Å². The standard InChI is InChI=1S/C13H11Cl2N/c14-10-6-7-11(12(15)8-10)13(16)9-4-2-1-3-5-9/h1-8,13H,16H2/t13-/m0/s1. The van der Waals surface area contributed by atoms with Crippen LogP contribution in [0, 0.1) is 0 Å². The molecule has 1 nitrogen and oxygen atoms in total. The fourth-order valence-corrected chi connectivity index (χ4v) is 2.12. The zero-order valence-corrected chi connectivity index (χ0v) is 10.0. The Morgan fingerprint density at radius 1 is 0.938 bits per heavy atom. The van der Waals surface area contributed by atoms with Crippen molar-refractivity contribution >= 4 is 23.2 Å². The fraction of sp³-hybridized carbons (Fsp3) is 0.0769. The maximum absolute atomic E-state index is 6.14. The summed E-state index contributed by atoms with van der Waals surface area (Å²) in [6.07, 6.45) is 0. The lowest BCUT2D eigenvalue weighted by Gasteiger charge is -2.14. The van der Waals surface area contributed by atoms with Crippen LogP contribution in [0.5, 0.6) is 0 Å². The van der Waals surface area contributed by atoms with E-state index in [0.717, 1.165) is 11.1 Å². The third-order valence-corrected chi connectivity index (χ3v) is 3.02. The van der Waals surface area contributed by atoms with Crippen LogP contribution in [-0.4, -0.2) is 0 Å². The van der Waals surface area contributed by atoms with Crippen molar-refractivity contribution in [1.29, 1.82) is 0 Å². The highest BCUT2D eigenvalue weighted by molar-refractivity contribution is 6.35. The molecule has 0 radical (unpaired) electrons. The molecule has 0 aliphatic carbocycles. The normalized spacial score (nSPS) is 12.4. The number of halogens is 2. The summed E-state index contributed by atoms with van der Waals surface area (Å²) < 4.78 is 0. The van der Waals surface area contributed by atoms with Gasteiger partial charge in [0.25, 0.3) is 0 Å². The quantitative estimate of drug-likeness (QED) is 0.857. The lowest BCUT2D eigenvalue weighted by Crippen LogP contribution is -2.12. The second kappa shape index (κ2) is 4.88. The van der Waals surface area contributed by atoms with Crippen LogP contribution in [0.3, 0.4) is 0 Å². The van der Waals surface area contributed by atoms with Crippen molar-refractivity contribution in [3.8, 4) is 0 Å². The van der Waals surface area contributed by atoms with Crippen molar-refractivity contribution in [2.45, 2.75) is 6.04 Å². The van der Waals surface area contributed by atoms with Gasteiger partial charge in [0.05, 0.1) is 6.04 Å². The second-order valence-electron chi connectivity index (χ2n) is 3.55. The Balaban J connectivity index is 2.38. The number of hydrogen-bond donors (Lipinski definition) is 1. The maximum Gasteiger partial charge on any atom is 0.0566 e. The highest BCUT2D eigenvalue weighted by Gasteiger charge is 2.11. The van der Waals surface area contributed by atoms with Crippen molar-refractivity contribution in [3.63, 3.8) is 0 Å². The van der Waals surface area contributed by atoms with Gasteiger partial charge in [0, 0.05) is 10.0 Å². The molecule has 16 heavy (non-hydrogen) atoms. The first kappa shape index (κ1) is 11.5. The topological polar surface area (TPSA) is 26.0 Å². The second-order valence-corrected chi connectivity index (χ2v) is 4.40. The highest BCUT2D eigenvalue weighted by atomic mass is 35.5. The first-order chi connectivity index (χ1) is 7.68. The summed E-state index contributed by atoms with van der Waals surface area (Å²) >= 11 is 12.0. The number of nitrogens with two attached hydrogens (primary N) is 1. The summed E-state index contributed by atoms with van der Waals surface area (Å²) in [5, 5.41) is 1.22. The Morgan fingerprint density at radius 2 is 1.62 bits per heavy atom. The first-order valence-electron chi connectivity index (χ1n) is 4.94. The van der Waals surface area contributed by atoms with E-state index >= 15 is 0 Å². The van der Waals surface area contributed by atoms with Crippen molar-refractivity contribution in [1.82, 2.24) is 0 Å². The zero-order chi connectivity index (χ0) is 11.5. The minimum atomic E-state index is -0.217. The Bertz CT molecular complexity index is 483. The molecule has 2 rings (SSSR count). The third-order valence-electron chi connectivity index (χ3n) is 2.46. The molecule has 1 atom stereocenters. The van der Waals surface area contributed by atoms with Crippen LogP contribution in [-0.2, 0) is 0 Å². The number of hydrogen-bond acceptors (Lipinski definition) is 1. The van der Waals surface area contributed by atoms with E-state index in [1.807, 2.05) is 36.4 Å². The van der Waals surface area contributed by atoms with Crippen LogP contribution in [0.1, 0.15) is 17.2 Å². The van der Waals surface area contributed by atoms with E-state index in [9.17, 15) is 0 Å². The predicted octanol–water partition coefficient (Wildman–Crippen LogP) is 4.04. The smallest absolute Gasteiger partial charge is 0.0566 e. The van der Waals surface area contributed by atoms with Gasteiger partial charge < -0.3 is 5.73 Å². The Morgan fingerprint density at radius 3 is 2.25 bits per heavy atom. The van der Waals surface area contributed by atoms with Crippen LogP contribution >= 0.6 is 23.2 Å². The molecule has 2 aromatic rings. The van der Waals surface area contributed by atoms with Gasteiger partial charge in [0.15, 0.2) is 0 Å². The van der Waals surface area contributed by atoms with Crippen LogP contribution in [0.15, 0.2) is 48.5 Å². The van der Waals surface area contributed by atoms with Crippen LogP contribution in [0.4, 0.5) is 0 Å². The molecule has 2 aromatic carbocycles. The molecular formula is C13H11Cl2N. The van der Waals surface area contributed by atoms with E-state index in [0.29, 0.717) is 10.0 Å². The zero-order valence-electron chi connectivity index (χ0n) is 8.53. The fourth-order valence-electron chi connectivity index (χ4n) is 1.59. The molecule has 0 aromatic heterocycles. The monoisotopic (exact) mass is 251 g/mol. The van der Waals surface area contributed by atoms with Gasteiger partial charge >= 0.3 is 0 Å². The molecule has 0 spiro atoms. The maximum atomic E-state index is 6.14. The minimum absolute atomic E-state index is 0.217. The molecule has 82 valence electrons. The van der Waals surface area contributed by atoms with Crippen molar-refractivity contribution < 1.29 is 0 Å². The molecule has 0 amide bonds. The molecule has 0 saturated heterocycles. The average molecular weight is 252 g/mol. The minimum Gasteiger partial charge on any atom is -0.320 e.